The predicted molar refractivity (Wildman–Crippen MR) is 288 cm³/mol. The van der Waals surface area contributed by atoms with E-state index in [1.807, 2.05) is 65.7 Å². The molecule has 1 unspecified atom stereocenters. The lowest BCUT2D eigenvalue weighted by atomic mass is 9.70. The molecule has 0 bridgehead atoms. The number of phenols is 3. The quantitative estimate of drug-likeness (QED) is 0.166. The van der Waals surface area contributed by atoms with Gasteiger partial charge in [-0.15, -0.1) is 0 Å². The molecule has 0 saturated carbocycles. The second-order valence-corrected chi connectivity index (χ2v) is 24.3. The van der Waals surface area contributed by atoms with Crippen molar-refractivity contribution >= 4 is 23.1 Å². The van der Waals surface area contributed by atoms with E-state index in [0.717, 1.165) is 0 Å². The van der Waals surface area contributed by atoms with Gasteiger partial charge in [-0.25, -0.2) is 0 Å². The molecular weight excluding hydrogens is 1080 g/mol. The molecule has 11 rings (SSSR count). The van der Waals surface area contributed by atoms with E-state index in [2.05, 4.69) is 0 Å². The predicted octanol–water partition coefficient (Wildman–Crippen LogP) is 4.91. The number of Topliss-reactive ketones (excluding diaryl/α,β-unsaturated/α-hetero) is 1. The van der Waals surface area contributed by atoms with Crippen LogP contribution in [0.25, 0.3) is 0 Å². The largest absolute Gasteiger partial charge is 0.507 e. The monoisotopic (exact) mass is 1160 g/mol. The van der Waals surface area contributed by atoms with Crippen molar-refractivity contribution in [3.05, 3.63) is 63.7 Å². The number of carbonyl (C=O) groups is 4. The zero-order chi connectivity index (χ0) is 59.2. The van der Waals surface area contributed by atoms with Crippen molar-refractivity contribution in [1.82, 2.24) is 9.80 Å². The van der Waals surface area contributed by atoms with Crippen molar-refractivity contribution in [2.24, 2.45) is 0 Å². The smallest absolute Gasteiger partial charge is 0.202 e. The van der Waals surface area contributed by atoms with E-state index >= 15 is 0 Å². The molecule has 2 aliphatic carbocycles. The zero-order valence-corrected chi connectivity index (χ0v) is 48.9. The molecule has 2 aromatic carbocycles. The van der Waals surface area contributed by atoms with Crippen LogP contribution in [-0.2, 0) is 71.2 Å². The molecule has 7 heterocycles. The average molecular weight is 1170 g/mol. The Hall–Kier alpha value is -4.38. The summed E-state index contributed by atoms with van der Waals surface area (Å²) < 4.78 is 83.8. The molecule has 0 spiro atoms. The van der Waals surface area contributed by atoms with E-state index in [-0.39, 0.29) is 90.2 Å². The molecule has 456 valence electrons. The lowest BCUT2D eigenvalue weighted by Crippen LogP contribution is -2.62. The van der Waals surface area contributed by atoms with Gasteiger partial charge in [-0.2, -0.15) is 0 Å². The number of benzene rings is 2. The van der Waals surface area contributed by atoms with E-state index < -0.39 is 157 Å². The lowest BCUT2D eigenvalue weighted by Gasteiger charge is -2.51. The summed E-state index contributed by atoms with van der Waals surface area (Å²) >= 11 is 0. The summed E-state index contributed by atoms with van der Waals surface area (Å²) in [4.78, 5) is 57.6. The molecule has 0 amide bonds. The third kappa shape index (κ3) is 11.4. The molecule has 6 saturated heterocycles. The van der Waals surface area contributed by atoms with Crippen molar-refractivity contribution in [1.29, 1.82) is 0 Å². The molecule has 0 aromatic heterocycles. The molecular formula is C60H80N2O21. The Kier molecular flexibility index (Phi) is 17.2. The van der Waals surface area contributed by atoms with Crippen LogP contribution >= 0.6 is 0 Å². The Balaban J connectivity index is 0.845. The maximum absolute atomic E-state index is 14.6. The van der Waals surface area contributed by atoms with Crippen LogP contribution in [0.15, 0.2) is 30.4 Å². The van der Waals surface area contributed by atoms with E-state index in [4.69, 9.17) is 61.6 Å². The molecule has 7 aliphatic heterocycles. The number of rotatable bonds is 13. The van der Waals surface area contributed by atoms with Gasteiger partial charge in [0.15, 0.2) is 55.1 Å². The second kappa shape index (κ2) is 23.7. The van der Waals surface area contributed by atoms with E-state index in [1.165, 1.54) is 24.3 Å². The first kappa shape index (κ1) is 60.3. The number of phenolic OH excluding ortho intramolecular Hbond substituents is 3. The third-order valence-electron chi connectivity index (χ3n) is 18.3. The molecule has 4 N–H and O–H groups in total. The number of ether oxygens (including phenoxy) is 13. The minimum Gasteiger partial charge on any atom is -0.507 e. The highest BCUT2D eigenvalue weighted by molar-refractivity contribution is 6.31. The summed E-state index contributed by atoms with van der Waals surface area (Å²) in [7, 11) is 7.59. The van der Waals surface area contributed by atoms with Crippen molar-refractivity contribution in [3.8, 4) is 17.2 Å². The lowest BCUT2D eigenvalue weighted by molar-refractivity contribution is -0.371. The minimum atomic E-state index is -1.88. The van der Waals surface area contributed by atoms with Gasteiger partial charge in [0, 0.05) is 67.3 Å². The fourth-order valence-corrected chi connectivity index (χ4v) is 13.7. The summed E-state index contributed by atoms with van der Waals surface area (Å²) in [5.41, 5.74) is -3.72. The van der Waals surface area contributed by atoms with Crippen molar-refractivity contribution < 1.29 is 101 Å². The van der Waals surface area contributed by atoms with Gasteiger partial charge in [-0.05, 0) is 101 Å². The first-order chi connectivity index (χ1) is 39.4. The summed E-state index contributed by atoms with van der Waals surface area (Å²) in [6, 6.07) is 3.30. The second-order valence-electron chi connectivity index (χ2n) is 24.3. The number of likely N-dealkylation sites (N-methyl/N-ethyl adjacent to an activating group) is 2. The Morgan fingerprint density at radius 3 is 1.88 bits per heavy atom. The number of carbonyl (C=O) groups excluding carboxylic acids is 4. The highest BCUT2D eigenvalue weighted by Crippen LogP contribution is 2.58. The van der Waals surface area contributed by atoms with Crippen LogP contribution < -0.4 is 0 Å². The highest BCUT2D eigenvalue weighted by atomic mass is 16.8. The molecule has 9 aliphatic rings. The fourth-order valence-electron chi connectivity index (χ4n) is 13.7. The van der Waals surface area contributed by atoms with Gasteiger partial charge in [0.1, 0.15) is 60.0 Å². The van der Waals surface area contributed by atoms with E-state index in [0.29, 0.717) is 19.3 Å². The van der Waals surface area contributed by atoms with Crippen molar-refractivity contribution in [3.63, 3.8) is 0 Å². The number of hydrogen-bond donors (Lipinski definition) is 4. The topological polar surface area (TPSA) is 276 Å². The Labute approximate surface area is 482 Å². The maximum Gasteiger partial charge on any atom is 0.202 e. The van der Waals surface area contributed by atoms with Crippen LogP contribution in [0.3, 0.4) is 0 Å². The normalized spacial score (nSPS) is 41.8. The average Bonchev–Trinajstić information content (AvgIpc) is 1.62. The molecule has 0 radical (unpaired) electrons. The number of ketones is 4. The van der Waals surface area contributed by atoms with Gasteiger partial charge in [0.25, 0.3) is 0 Å². The minimum absolute atomic E-state index is 0.0175. The number of nitrogens with zero attached hydrogens (tertiary/aromatic N) is 2. The summed E-state index contributed by atoms with van der Waals surface area (Å²) in [5.74, 6) is -3.80. The van der Waals surface area contributed by atoms with Gasteiger partial charge in [0.2, 0.25) is 5.78 Å². The van der Waals surface area contributed by atoms with Crippen LogP contribution in [0.5, 0.6) is 17.2 Å². The van der Waals surface area contributed by atoms with Gasteiger partial charge < -0.3 is 91.8 Å². The molecule has 83 heavy (non-hydrogen) atoms. The summed E-state index contributed by atoms with van der Waals surface area (Å²) in [6.07, 6.45) is -9.03. The number of aliphatic hydroxyl groups is 1. The number of aromatic hydroxyl groups is 3. The van der Waals surface area contributed by atoms with Gasteiger partial charge in [0.05, 0.1) is 65.0 Å². The van der Waals surface area contributed by atoms with Crippen molar-refractivity contribution in [2.75, 3.05) is 28.2 Å². The van der Waals surface area contributed by atoms with Crippen LogP contribution in [0, 0.1) is 0 Å². The molecule has 2 aromatic rings. The van der Waals surface area contributed by atoms with Crippen LogP contribution in [0.1, 0.15) is 155 Å². The molecule has 6 fully saturated rings. The Morgan fingerprint density at radius 2 is 1.23 bits per heavy atom. The summed E-state index contributed by atoms with van der Waals surface area (Å²) in [6.45, 7) is 12.6. The number of fused-ring (bicyclic) bond motifs is 5. The molecule has 23 atom stereocenters. The highest BCUT2D eigenvalue weighted by Gasteiger charge is 2.56. The van der Waals surface area contributed by atoms with Gasteiger partial charge >= 0.3 is 0 Å². The zero-order valence-electron chi connectivity index (χ0n) is 48.9. The Bertz CT molecular complexity index is 2830. The Morgan fingerprint density at radius 1 is 0.614 bits per heavy atom. The molecule has 23 nitrogen and oxygen atoms in total. The first-order valence-corrected chi connectivity index (χ1v) is 29.3. The van der Waals surface area contributed by atoms with Crippen LogP contribution in [-0.4, -0.2) is 210 Å². The van der Waals surface area contributed by atoms with Crippen LogP contribution in [0.2, 0.25) is 0 Å². The van der Waals surface area contributed by atoms with Gasteiger partial charge in [-0.1, -0.05) is 19.1 Å². The maximum atomic E-state index is 14.6. The van der Waals surface area contributed by atoms with E-state index in [1.54, 1.807) is 26.8 Å². The van der Waals surface area contributed by atoms with Gasteiger partial charge in [-0.3, -0.25) is 19.2 Å². The van der Waals surface area contributed by atoms with E-state index in [9.17, 15) is 39.6 Å². The summed E-state index contributed by atoms with van der Waals surface area (Å²) in [5, 5.41) is 49.4. The SMILES string of the molecule is CC[C@@]1(O)C[C@H](O[C@H]2C[C@H](N(C)C)[C@H](O[C@H]3C[C@@H]4O[C@H]5CC(=O)[C@H](C)O[C@H]5O[C@@H]4[C@H](C)O3)[C@H](C)O2)c2c(O)c3c(c(O)c2[C@H]1O[C@H]1C[C@H](N(C)C)[C@H](O[C@H]2CCC(O[C@H]4C=CC(=O)[C@H](C)O4)[C@H](C)O2)[C@H](C)O1)C(=O)c1cccc(O)c1C3=O. The third-order valence-corrected chi connectivity index (χ3v) is 18.3. The molecule has 23 heteroatoms. The number of hydrogen-bond acceptors (Lipinski definition) is 23. The first-order valence-electron chi connectivity index (χ1n) is 29.3. The van der Waals surface area contributed by atoms with Crippen molar-refractivity contribution in [2.45, 2.75) is 241 Å². The standard InChI is InChI=1S/C60H80N2O21/c1-12-60(70)24-40(79-43-20-32(61(8)9)56(29(6)73-43)81-45-23-38-57(30(7)75-45)83-59-39(77-38)22-36(65)26(3)76-59)47-50(54(69)48-49(53(47)68)52(67)46-31(51(48)66)14-13-15-35(46)64)58(60)82-44-21-33(62(10)11)55(28(5)74-44)80-42-19-17-37(27(4)72-42)78-41-18-16-34(63)25(2)71-41/h13-16,18,25-30,32-33,37-45,55-59,64,68-70H,12,17,19-24H2,1-11H3/t25-,26-,27-,28-,29-,30-,32-,33-,37?,38-,39-,40-,41-,42-,43-,44-,45-,55+,56+,57+,58+,59-,60+/m0/s1. The fraction of sp³-hybridized carbons (Fsp3) is 0.700. The van der Waals surface area contributed by atoms with Crippen LogP contribution in [0.4, 0.5) is 0 Å².